The zero-order chi connectivity index (χ0) is 18.9. The molecule has 0 saturated heterocycles. The van der Waals surface area contributed by atoms with Crippen molar-refractivity contribution in [2.24, 2.45) is 0 Å². The number of carbonyl (C=O) groups is 1. The van der Waals surface area contributed by atoms with E-state index in [1.807, 2.05) is 5.43 Å². The second kappa shape index (κ2) is 8.30. The van der Waals surface area contributed by atoms with Crippen LogP contribution in [-0.4, -0.2) is 48.5 Å². The first kappa shape index (κ1) is 19.8. The molecule has 1 aromatic rings. The number of nitrogen functional groups attached to an aromatic ring is 1. The van der Waals surface area contributed by atoms with Crippen LogP contribution in [0, 0.1) is 40.5 Å². The van der Waals surface area contributed by atoms with E-state index in [9.17, 15) is 45.3 Å². The van der Waals surface area contributed by atoms with Gasteiger partial charge in [0.1, 0.15) is 0 Å². The zero-order valence-corrected chi connectivity index (χ0v) is 11.1. The van der Waals surface area contributed by atoms with Gasteiger partial charge in [-0.15, -0.1) is 5.10 Å². The lowest BCUT2D eigenvalue weighted by Crippen LogP contribution is -2.57. The molecule has 24 heavy (non-hydrogen) atoms. The summed E-state index contributed by atoms with van der Waals surface area (Å²) in [5.74, 6) is -3.56. The maximum Gasteiger partial charge on any atom is 0.734 e. The van der Waals surface area contributed by atoms with Crippen LogP contribution in [0.4, 0.5) is 10.7 Å². The van der Waals surface area contributed by atoms with Crippen molar-refractivity contribution in [3.8, 4) is 0 Å². The van der Waals surface area contributed by atoms with Gasteiger partial charge in [0.25, 0.3) is 6.09 Å². The molecule has 0 radical (unpaired) electrons. The molecule has 1 heterocycles. The molecule has 0 aliphatic carbocycles. The van der Waals surface area contributed by atoms with Crippen molar-refractivity contribution in [2.75, 3.05) is 12.3 Å². The molecule has 0 atom stereocenters. The van der Waals surface area contributed by atoms with E-state index in [2.05, 4.69) is 19.9 Å². The summed E-state index contributed by atoms with van der Waals surface area (Å²) in [5.41, 5.74) is 7.06. The van der Waals surface area contributed by atoms with E-state index in [1.54, 1.807) is 0 Å². The first-order valence-electron chi connectivity index (χ1n) is 5.16. The highest BCUT2D eigenvalue weighted by atomic mass is 16.7. The predicted octanol–water partition coefficient (Wildman–Crippen LogP) is -2.02. The SMILES string of the molecule is Nc1[nH]nc[nH+]1.O=C([N-][N+](=O)[O-])OCC([N+](=O)[O-])([N+](=O)[O-])[N+](=O)[O-]. The van der Waals surface area contributed by atoms with E-state index in [1.165, 1.54) is 6.33 Å². The molecule has 1 amide bonds. The van der Waals surface area contributed by atoms with E-state index in [0.29, 0.717) is 5.95 Å². The number of H-pyrrole nitrogens is 2. The number of rotatable bonds is 6. The minimum Gasteiger partial charge on any atom is -0.451 e. The Bertz CT molecular complexity index is 591. The fourth-order valence-corrected chi connectivity index (χ4v) is 0.848. The first-order valence-corrected chi connectivity index (χ1v) is 5.16. The van der Waals surface area contributed by atoms with Gasteiger partial charge < -0.3 is 10.5 Å². The van der Waals surface area contributed by atoms with Crippen LogP contribution in [-0.2, 0) is 4.74 Å². The largest absolute Gasteiger partial charge is 0.734 e. The van der Waals surface area contributed by atoms with Crippen molar-refractivity contribution in [3.05, 3.63) is 52.2 Å². The Morgan fingerprint density at radius 3 is 2.00 bits per heavy atom. The molecule has 1 aromatic heterocycles. The summed E-state index contributed by atoms with van der Waals surface area (Å²) in [6.07, 6.45) is -0.565. The molecule has 0 fully saturated rings. The van der Waals surface area contributed by atoms with Crippen LogP contribution >= 0.6 is 0 Å². The molecular formula is C5H7N9O10. The molecule has 0 unspecified atom stereocenters. The summed E-state index contributed by atoms with van der Waals surface area (Å²) in [4.78, 5) is 47.9. The normalized spacial score (nSPS) is 9.83. The zero-order valence-electron chi connectivity index (χ0n) is 11.1. The Labute approximate surface area is 128 Å². The second-order valence-electron chi connectivity index (χ2n) is 3.37. The van der Waals surface area contributed by atoms with E-state index in [-0.39, 0.29) is 0 Å². The molecule has 0 spiro atoms. The highest BCUT2D eigenvalue weighted by Crippen LogP contribution is 2.13. The molecule has 1 rings (SSSR count). The molecule has 0 aliphatic heterocycles. The number of nitrogens with one attached hydrogen (secondary N) is 2. The van der Waals surface area contributed by atoms with Crippen LogP contribution in [0.1, 0.15) is 0 Å². The predicted molar refractivity (Wildman–Crippen MR) is 65.0 cm³/mol. The molecule has 132 valence electrons. The number of anilines is 1. The van der Waals surface area contributed by atoms with Gasteiger partial charge in [-0.25, -0.2) is 4.98 Å². The molecule has 0 aromatic carbocycles. The second-order valence-corrected chi connectivity index (χ2v) is 3.37. The number of ether oxygens (including phenoxy) is 1. The molecule has 19 nitrogen and oxygen atoms in total. The van der Waals surface area contributed by atoms with Crippen molar-refractivity contribution in [1.29, 1.82) is 0 Å². The summed E-state index contributed by atoms with van der Waals surface area (Å²) in [5, 5.41) is 45.0. The van der Waals surface area contributed by atoms with Crippen LogP contribution < -0.4 is 10.7 Å². The Hall–Kier alpha value is -4.19. The molecule has 0 saturated carbocycles. The smallest absolute Gasteiger partial charge is 0.451 e. The average molecular weight is 353 g/mol. The number of nitrogens with two attached hydrogens (primary N) is 1. The van der Waals surface area contributed by atoms with Gasteiger partial charge in [0.2, 0.25) is 6.33 Å². The molecular weight excluding hydrogens is 346 g/mol. The number of nitro groups is 4. The standard InChI is InChI=1S/C3H3N5O10.C2H4N4/c9-2(4-8(16)17)18-1-3(5(10)11,6(12)13)7(14)15;3-2-4-1-5-6-2/h1H2,(H,4,9);1H,(H3,3,4,5,6). The van der Waals surface area contributed by atoms with Gasteiger partial charge in [-0.3, -0.25) is 50.7 Å². The third-order valence-corrected chi connectivity index (χ3v) is 1.90. The number of carbonyl (C=O) groups excluding carboxylic acids is 1. The van der Waals surface area contributed by atoms with Crippen molar-refractivity contribution < 1.29 is 34.3 Å². The summed E-state index contributed by atoms with van der Waals surface area (Å²) >= 11 is 0. The quantitative estimate of drug-likeness (QED) is 0.318. The highest BCUT2D eigenvalue weighted by molar-refractivity contribution is 5.78. The number of nitrogens with zero attached hydrogens (tertiary/aromatic N) is 6. The van der Waals surface area contributed by atoms with Crippen LogP contribution in [0.3, 0.4) is 0 Å². The summed E-state index contributed by atoms with van der Waals surface area (Å²) in [7, 11) is 0. The van der Waals surface area contributed by atoms with Crippen molar-refractivity contribution in [3.63, 3.8) is 0 Å². The number of aromatic amines is 2. The maximum atomic E-state index is 10.5. The van der Waals surface area contributed by atoms with Gasteiger partial charge >= 0.3 is 18.3 Å². The van der Waals surface area contributed by atoms with Gasteiger partial charge in [-0.2, -0.15) is 0 Å². The van der Waals surface area contributed by atoms with Crippen molar-refractivity contribution >= 4 is 12.0 Å². The third-order valence-electron chi connectivity index (χ3n) is 1.90. The summed E-state index contributed by atoms with van der Waals surface area (Å²) in [6.45, 7) is -1.95. The van der Waals surface area contributed by atoms with Gasteiger partial charge in [0.15, 0.2) is 14.8 Å². The number of hydrogen-bond donors (Lipinski definition) is 2. The Kier molecular flexibility index (Phi) is 6.85. The van der Waals surface area contributed by atoms with Crippen LogP contribution in [0.5, 0.6) is 0 Å². The minimum atomic E-state index is -4.04. The number of aromatic nitrogens is 3. The van der Waals surface area contributed by atoms with Crippen LogP contribution in [0.2, 0.25) is 0 Å². The topological polar surface area (TPSA) is 282 Å². The molecule has 0 bridgehead atoms. The minimum absolute atomic E-state index is 0.481. The molecule has 19 heteroatoms. The van der Waals surface area contributed by atoms with Crippen LogP contribution in [0.25, 0.3) is 5.43 Å². The lowest BCUT2D eigenvalue weighted by atomic mass is 10.4. The summed E-state index contributed by atoms with van der Waals surface area (Å²) in [6, 6.07) is 0. The fraction of sp³-hybridized carbons (Fsp3) is 0.400. The van der Waals surface area contributed by atoms with Gasteiger partial charge in [0, 0.05) is 0 Å². The molecule has 0 aliphatic rings. The molecule has 4 N–H and O–H groups in total. The van der Waals surface area contributed by atoms with E-state index < -0.39 is 38.3 Å². The lowest BCUT2D eigenvalue weighted by molar-refractivity contribution is -0.970. The van der Waals surface area contributed by atoms with E-state index >= 15 is 0 Å². The average Bonchev–Trinajstić information content (AvgIpc) is 2.89. The lowest BCUT2D eigenvalue weighted by Gasteiger charge is -2.11. The first-order chi connectivity index (χ1) is 11.0. The number of hydrogen-bond acceptors (Lipinski definition) is 12. The maximum absolute atomic E-state index is 10.5. The Morgan fingerprint density at radius 1 is 1.25 bits per heavy atom. The van der Waals surface area contributed by atoms with Gasteiger partial charge in [-0.05, 0) is 10.1 Å². The van der Waals surface area contributed by atoms with Gasteiger partial charge in [0.05, 0.1) is 0 Å². The Balaban J connectivity index is 0.000000728. The van der Waals surface area contributed by atoms with E-state index in [4.69, 9.17) is 5.73 Å². The van der Waals surface area contributed by atoms with Gasteiger partial charge in [-0.1, -0.05) is 0 Å². The Morgan fingerprint density at radius 2 is 1.75 bits per heavy atom. The van der Waals surface area contributed by atoms with Crippen molar-refractivity contribution in [1.82, 2.24) is 10.2 Å². The third kappa shape index (κ3) is 5.30. The number of amides is 1. The summed E-state index contributed by atoms with van der Waals surface area (Å²) < 4.78 is 3.63. The monoisotopic (exact) mass is 353 g/mol. The van der Waals surface area contributed by atoms with Crippen LogP contribution in [0.15, 0.2) is 6.33 Å². The highest BCUT2D eigenvalue weighted by Gasteiger charge is 2.71. The fourth-order valence-electron chi connectivity index (χ4n) is 0.848. The van der Waals surface area contributed by atoms with E-state index in [0.717, 1.165) is 0 Å². The van der Waals surface area contributed by atoms with Crippen molar-refractivity contribution in [2.45, 2.75) is 5.79 Å².